The van der Waals surface area contributed by atoms with E-state index in [0.717, 1.165) is 71.9 Å². The molecule has 0 saturated carbocycles. The summed E-state index contributed by atoms with van der Waals surface area (Å²) in [5.41, 5.74) is 18.9. The molecule has 14 heterocycles. The average molecular weight is 1470 g/mol. The van der Waals surface area contributed by atoms with Crippen molar-refractivity contribution in [3.05, 3.63) is 335 Å². The fraction of sp³-hybridized carbons (Fsp3) is 0. The average Bonchev–Trinajstić information content (AvgIpc) is 1.56. The standard InChI is InChI=1S/C33H19N3S.2C32H18N4S/c1-2-8-20(9-3-1)36-27-14-15-30-32(22-11-5-7-13-29(22)37-30)31(27)25-18-23-21-10-4-6-12-26(21)35-17-16-34-33(35)24(23)19-28(25)36;2*1-2-7-19(8-3-1)36-24-12-13-28-30(20-9-4-5-11-27(20)37-28)29(24)23-17-21-22(18-26(23)36)32-34-15-16-35(32)25-10-6-14-33-31(21)25/h1-19H;2*1-18H. The molecule has 0 bridgehead atoms. The van der Waals surface area contributed by atoms with Gasteiger partial charge < -0.3 is 13.7 Å². The van der Waals surface area contributed by atoms with Gasteiger partial charge in [0.05, 0.1) is 60.7 Å². The Balaban J connectivity index is 0.0000000947. The number of fused-ring (bicyclic) bond motifs is 39. The molecule has 0 spiro atoms. The van der Waals surface area contributed by atoms with Crippen LogP contribution in [-0.4, -0.2) is 51.8 Å². The van der Waals surface area contributed by atoms with E-state index < -0.39 is 0 Å². The van der Waals surface area contributed by atoms with Crippen molar-refractivity contribution in [2.75, 3.05) is 0 Å². The summed E-state index contributed by atoms with van der Waals surface area (Å²) in [6.45, 7) is 0. The van der Waals surface area contributed by atoms with Crippen molar-refractivity contribution in [1.29, 1.82) is 0 Å². The van der Waals surface area contributed by atoms with Crippen LogP contribution in [-0.2, 0) is 0 Å². The molecule has 11 nitrogen and oxygen atoms in total. The van der Waals surface area contributed by atoms with Crippen LogP contribution < -0.4 is 0 Å². The topological polar surface area (TPSA) is 92.5 Å². The Morgan fingerprint density at radius 1 is 0.189 bits per heavy atom. The maximum absolute atomic E-state index is 4.84. The van der Waals surface area contributed by atoms with Crippen molar-refractivity contribution in [1.82, 2.24) is 51.8 Å². The van der Waals surface area contributed by atoms with Gasteiger partial charge in [-0.15, -0.1) is 34.0 Å². The normalized spacial score (nSPS) is 12.3. The van der Waals surface area contributed by atoms with Gasteiger partial charge in [0.1, 0.15) is 16.9 Å². The zero-order chi connectivity index (χ0) is 72.3. The highest BCUT2D eigenvalue weighted by Gasteiger charge is 2.26. The van der Waals surface area contributed by atoms with Crippen LogP contribution in [0, 0.1) is 0 Å². The lowest BCUT2D eigenvalue weighted by atomic mass is 10.0. The summed E-state index contributed by atoms with van der Waals surface area (Å²) in [6.07, 6.45) is 15.5. The van der Waals surface area contributed by atoms with E-state index >= 15 is 0 Å². The third-order valence-electron chi connectivity index (χ3n) is 23.0. The van der Waals surface area contributed by atoms with Gasteiger partial charge in [-0.3, -0.25) is 23.2 Å². The molecule has 0 N–H and O–H groups in total. The minimum Gasteiger partial charge on any atom is -0.309 e. The van der Waals surface area contributed by atoms with Gasteiger partial charge in [-0.25, -0.2) is 15.0 Å². The predicted octanol–water partition coefficient (Wildman–Crippen LogP) is 26.1. The first-order valence-corrected chi connectivity index (χ1v) is 39.6. The van der Waals surface area contributed by atoms with E-state index in [4.69, 9.17) is 24.9 Å². The number of hydrogen-bond acceptors (Lipinski definition) is 8. The maximum Gasteiger partial charge on any atom is 0.145 e. The summed E-state index contributed by atoms with van der Waals surface area (Å²) in [5, 5.41) is 23.8. The highest BCUT2D eigenvalue weighted by Crippen LogP contribution is 2.50. The molecule has 27 rings (SSSR count). The molecule has 0 unspecified atom stereocenters. The van der Waals surface area contributed by atoms with E-state index in [-0.39, 0.29) is 0 Å². The van der Waals surface area contributed by atoms with E-state index in [1.165, 1.54) is 153 Å². The molecule has 0 aliphatic heterocycles. The molecule has 0 radical (unpaired) electrons. The van der Waals surface area contributed by atoms with Crippen LogP contribution in [0.3, 0.4) is 0 Å². The van der Waals surface area contributed by atoms with E-state index in [1.54, 1.807) is 0 Å². The van der Waals surface area contributed by atoms with Gasteiger partial charge in [-0.2, -0.15) is 0 Å². The van der Waals surface area contributed by atoms with E-state index in [9.17, 15) is 0 Å². The van der Waals surface area contributed by atoms with Crippen molar-refractivity contribution in [2.24, 2.45) is 0 Å². The first-order chi connectivity index (χ1) is 55.1. The van der Waals surface area contributed by atoms with Crippen LogP contribution in [0.2, 0.25) is 0 Å². The van der Waals surface area contributed by atoms with Crippen LogP contribution in [0.5, 0.6) is 0 Å². The number of thiophene rings is 3. The van der Waals surface area contributed by atoms with Crippen molar-refractivity contribution >= 4 is 242 Å². The van der Waals surface area contributed by atoms with Crippen LogP contribution in [0.15, 0.2) is 335 Å². The van der Waals surface area contributed by atoms with Crippen LogP contribution >= 0.6 is 34.0 Å². The second-order valence-corrected chi connectivity index (χ2v) is 31.9. The predicted molar refractivity (Wildman–Crippen MR) is 468 cm³/mol. The van der Waals surface area contributed by atoms with E-state index in [0.29, 0.717) is 0 Å². The van der Waals surface area contributed by atoms with Gasteiger partial charge in [-0.05, 0) is 163 Å². The Hall–Kier alpha value is -14.2. The number of aromatic nitrogens is 11. The van der Waals surface area contributed by atoms with Gasteiger partial charge in [-0.1, -0.05) is 127 Å². The molecule has 0 fully saturated rings. The summed E-state index contributed by atoms with van der Waals surface area (Å²) in [6, 6.07) is 103. The van der Waals surface area contributed by atoms with Crippen LogP contribution in [0.25, 0.3) is 225 Å². The largest absolute Gasteiger partial charge is 0.309 e. The van der Waals surface area contributed by atoms with Gasteiger partial charge >= 0.3 is 0 Å². The number of para-hydroxylation sites is 4. The minimum atomic E-state index is 0.952. The van der Waals surface area contributed by atoms with Crippen molar-refractivity contribution in [3.63, 3.8) is 0 Å². The first kappa shape index (κ1) is 60.9. The summed E-state index contributed by atoms with van der Waals surface area (Å²) < 4.78 is 21.7. The summed E-state index contributed by atoms with van der Waals surface area (Å²) >= 11 is 5.61. The summed E-state index contributed by atoms with van der Waals surface area (Å²) in [4.78, 5) is 24.0. The van der Waals surface area contributed by atoms with Crippen molar-refractivity contribution in [2.45, 2.75) is 0 Å². The quantitative estimate of drug-likeness (QED) is 0.164. The Labute approximate surface area is 641 Å². The van der Waals surface area contributed by atoms with Gasteiger partial charge in [0, 0.05) is 192 Å². The fourth-order valence-corrected chi connectivity index (χ4v) is 21.8. The summed E-state index contributed by atoms with van der Waals surface area (Å²) in [7, 11) is 0. The Morgan fingerprint density at radius 2 is 0.514 bits per heavy atom. The third-order valence-corrected chi connectivity index (χ3v) is 26.4. The van der Waals surface area contributed by atoms with Gasteiger partial charge in [0.15, 0.2) is 0 Å². The van der Waals surface area contributed by atoms with Gasteiger partial charge in [0.2, 0.25) is 0 Å². The third kappa shape index (κ3) is 8.63. The highest BCUT2D eigenvalue weighted by atomic mass is 32.1. The molecule has 27 aromatic rings. The van der Waals surface area contributed by atoms with Crippen molar-refractivity contribution < 1.29 is 0 Å². The first-order valence-electron chi connectivity index (χ1n) is 37.2. The number of pyridine rings is 5. The maximum atomic E-state index is 4.84. The Kier molecular flexibility index (Phi) is 12.7. The molecule has 111 heavy (non-hydrogen) atoms. The monoisotopic (exact) mass is 1470 g/mol. The molecule has 516 valence electrons. The van der Waals surface area contributed by atoms with Crippen LogP contribution in [0.1, 0.15) is 0 Å². The zero-order valence-corrected chi connectivity index (χ0v) is 61.3. The zero-order valence-electron chi connectivity index (χ0n) is 58.9. The molecule has 0 saturated heterocycles. The molecule has 0 atom stereocenters. The molecular weight excluding hydrogens is 1420 g/mol. The number of hydrogen-bond donors (Lipinski definition) is 0. The molecule has 13 aromatic carbocycles. The Bertz CT molecular complexity index is 7870. The molecule has 0 amide bonds. The second-order valence-electron chi connectivity index (χ2n) is 28.7. The molecule has 0 aliphatic carbocycles. The van der Waals surface area contributed by atoms with E-state index in [1.807, 2.05) is 89.5 Å². The molecular formula is C97H55N11S3. The number of nitrogens with zero attached hydrogens (tertiary/aromatic N) is 11. The molecule has 14 aromatic heterocycles. The lowest BCUT2D eigenvalue weighted by molar-refractivity contribution is 1.18. The Morgan fingerprint density at radius 3 is 0.910 bits per heavy atom. The second kappa shape index (κ2) is 23.2. The highest BCUT2D eigenvalue weighted by molar-refractivity contribution is 7.27. The van der Waals surface area contributed by atoms with Crippen molar-refractivity contribution in [3.8, 4) is 17.1 Å². The number of rotatable bonds is 3. The van der Waals surface area contributed by atoms with Gasteiger partial charge in [0.25, 0.3) is 0 Å². The number of benzene rings is 13. The smallest absolute Gasteiger partial charge is 0.145 e. The SMILES string of the molecule is c1ccc(-n2c3cc4c(cc3c3c5c(ccc32)sc2ccccc25)c2ccccc2n2ccnc42)cc1.c1ccc(-n2c3cc4c(cc3c3c5c(ccc32)sc2ccccc25)c2ncccc2n2ccnc42)cc1.c1ccc(-n2c3cc4c(cc3c3c5c(ccc32)sc2ccccc25)c2ncccc2n2ccnc42)cc1. The molecule has 14 heteroatoms. The summed E-state index contributed by atoms with van der Waals surface area (Å²) in [5.74, 6) is 0. The lowest BCUT2D eigenvalue weighted by Crippen LogP contribution is -1.95. The minimum absolute atomic E-state index is 0.952. The molecule has 0 aliphatic rings. The van der Waals surface area contributed by atoms with Crippen LogP contribution in [0.4, 0.5) is 0 Å². The lowest BCUT2D eigenvalue weighted by Gasteiger charge is -2.11. The van der Waals surface area contributed by atoms with E-state index in [2.05, 4.69) is 306 Å². The number of imidazole rings is 3. The fourth-order valence-electron chi connectivity index (χ4n) is 18.4.